The fourth-order valence-corrected chi connectivity index (χ4v) is 3.74. The zero-order valence-corrected chi connectivity index (χ0v) is 12.8. The molecule has 0 spiro atoms. The van der Waals surface area contributed by atoms with Gasteiger partial charge in [0, 0.05) is 53.0 Å². The predicted octanol–water partition coefficient (Wildman–Crippen LogP) is 2.05. The van der Waals surface area contributed by atoms with Crippen LogP contribution in [0.3, 0.4) is 0 Å². The van der Waals surface area contributed by atoms with Gasteiger partial charge in [-0.2, -0.15) is 0 Å². The molecule has 1 N–H and O–H groups in total. The van der Waals surface area contributed by atoms with Crippen molar-refractivity contribution in [2.45, 2.75) is 12.5 Å². The molecule has 1 fully saturated rings. The molecular weight excluding hydrogens is 280 g/mol. The second-order valence-corrected chi connectivity index (χ2v) is 7.01. The molecule has 0 aromatic heterocycles. The molecule has 1 aromatic rings. The summed E-state index contributed by atoms with van der Waals surface area (Å²) < 4.78 is 11.3. The van der Waals surface area contributed by atoms with Gasteiger partial charge in [-0.3, -0.25) is 4.21 Å². The van der Waals surface area contributed by atoms with Crippen LogP contribution in [0.5, 0.6) is 0 Å². The van der Waals surface area contributed by atoms with E-state index in [0.29, 0.717) is 6.04 Å². The maximum Gasteiger partial charge on any atom is 0.0409 e. The molecule has 1 aromatic carbocycles. The highest BCUT2D eigenvalue weighted by Crippen LogP contribution is 2.20. The van der Waals surface area contributed by atoms with Gasteiger partial charge in [0.05, 0.1) is 0 Å². The Hall–Kier alpha value is -0.420. The van der Waals surface area contributed by atoms with Crippen LogP contribution in [-0.2, 0) is 10.8 Å². The molecule has 1 heterocycles. The number of nitrogens with zero attached hydrogens (tertiary/aromatic N) is 1. The van der Waals surface area contributed by atoms with Gasteiger partial charge >= 0.3 is 0 Å². The molecule has 3 nitrogen and oxygen atoms in total. The first kappa shape index (κ1) is 15.0. The lowest BCUT2D eigenvalue weighted by molar-refractivity contribution is 0.281. The van der Waals surface area contributed by atoms with E-state index in [4.69, 9.17) is 11.6 Å². The quantitative estimate of drug-likeness (QED) is 0.903. The smallest absolute Gasteiger partial charge is 0.0409 e. The van der Waals surface area contributed by atoms with Crippen LogP contribution < -0.4 is 5.32 Å². The highest BCUT2D eigenvalue weighted by Gasteiger charge is 2.17. The standard InChI is InChI=1S/C14H21ClN2OS/c1-16-14(12-3-2-4-13(15)11-12)5-6-17-7-9-19(18)10-8-17/h2-4,11,14,16H,5-10H2,1H3. The number of nitrogens with one attached hydrogen (secondary N) is 1. The molecule has 1 saturated heterocycles. The van der Waals surface area contributed by atoms with E-state index in [2.05, 4.69) is 16.3 Å². The van der Waals surface area contributed by atoms with Crippen LogP contribution in [0, 0.1) is 0 Å². The van der Waals surface area contributed by atoms with E-state index in [1.165, 1.54) is 5.56 Å². The third-order valence-electron chi connectivity index (χ3n) is 3.60. The Morgan fingerprint density at radius 1 is 1.42 bits per heavy atom. The number of hydrogen-bond acceptors (Lipinski definition) is 3. The van der Waals surface area contributed by atoms with Gasteiger partial charge in [-0.05, 0) is 31.2 Å². The van der Waals surface area contributed by atoms with Crippen LogP contribution in [-0.4, -0.2) is 47.3 Å². The Balaban J connectivity index is 1.87. The first-order valence-corrected chi connectivity index (χ1v) is 8.55. The molecule has 0 amide bonds. The van der Waals surface area contributed by atoms with Crippen LogP contribution >= 0.6 is 11.6 Å². The van der Waals surface area contributed by atoms with E-state index >= 15 is 0 Å². The summed E-state index contributed by atoms with van der Waals surface area (Å²) in [5.74, 6) is 1.64. The van der Waals surface area contributed by atoms with Gasteiger partial charge in [0.25, 0.3) is 0 Å². The van der Waals surface area contributed by atoms with E-state index in [0.717, 1.165) is 42.6 Å². The number of hydrogen-bond donors (Lipinski definition) is 1. The van der Waals surface area contributed by atoms with Crippen molar-refractivity contribution in [1.82, 2.24) is 10.2 Å². The third-order valence-corrected chi connectivity index (χ3v) is 5.11. The summed E-state index contributed by atoms with van der Waals surface area (Å²) in [5.41, 5.74) is 1.23. The minimum Gasteiger partial charge on any atom is -0.313 e. The van der Waals surface area contributed by atoms with Crippen molar-refractivity contribution in [3.8, 4) is 0 Å². The molecule has 1 aliphatic heterocycles. The minimum atomic E-state index is -0.591. The molecule has 0 aliphatic carbocycles. The van der Waals surface area contributed by atoms with Crippen molar-refractivity contribution in [2.75, 3.05) is 38.2 Å². The zero-order chi connectivity index (χ0) is 13.7. The van der Waals surface area contributed by atoms with Gasteiger partial charge in [0.1, 0.15) is 0 Å². The van der Waals surface area contributed by atoms with Crippen molar-refractivity contribution in [3.63, 3.8) is 0 Å². The van der Waals surface area contributed by atoms with Crippen molar-refractivity contribution >= 4 is 22.4 Å². The first-order valence-electron chi connectivity index (χ1n) is 6.69. The van der Waals surface area contributed by atoms with Crippen LogP contribution in [0.4, 0.5) is 0 Å². The normalized spacial score (nSPS) is 19.5. The van der Waals surface area contributed by atoms with Gasteiger partial charge in [-0.15, -0.1) is 0 Å². The molecule has 2 rings (SSSR count). The zero-order valence-electron chi connectivity index (χ0n) is 11.3. The summed E-state index contributed by atoms with van der Waals surface area (Å²) >= 11 is 6.04. The lowest BCUT2D eigenvalue weighted by Gasteiger charge is -2.28. The van der Waals surface area contributed by atoms with E-state index in [1.54, 1.807) is 0 Å². The molecule has 106 valence electrons. The summed E-state index contributed by atoms with van der Waals surface area (Å²) in [4.78, 5) is 2.40. The summed E-state index contributed by atoms with van der Waals surface area (Å²) in [5, 5.41) is 4.13. The van der Waals surface area contributed by atoms with Crippen LogP contribution in [0.1, 0.15) is 18.0 Å². The van der Waals surface area contributed by atoms with E-state index in [9.17, 15) is 4.21 Å². The van der Waals surface area contributed by atoms with Crippen LogP contribution in [0.15, 0.2) is 24.3 Å². The van der Waals surface area contributed by atoms with Crippen molar-refractivity contribution in [3.05, 3.63) is 34.9 Å². The second-order valence-electron chi connectivity index (χ2n) is 4.87. The largest absolute Gasteiger partial charge is 0.313 e. The van der Waals surface area contributed by atoms with Crippen LogP contribution in [0.25, 0.3) is 0 Å². The fraction of sp³-hybridized carbons (Fsp3) is 0.571. The average molecular weight is 301 g/mol. The highest BCUT2D eigenvalue weighted by molar-refractivity contribution is 7.85. The molecule has 1 aliphatic rings. The molecule has 1 atom stereocenters. The highest BCUT2D eigenvalue weighted by atomic mass is 35.5. The minimum absolute atomic E-state index is 0.325. The van der Waals surface area contributed by atoms with Crippen LogP contribution in [0.2, 0.25) is 5.02 Å². The summed E-state index contributed by atoms with van der Waals surface area (Å²) in [6, 6.07) is 8.35. The van der Waals surface area contributed by atoms with Crippen molar-refractivity contribution < 1.29 is 4.21 Å². The molecule has 19 heavy (non-hydrogen) atoms. The Kier molecular flexibility index (Phi) is 5.82. The fourth-order valence-electron chi connectivity index (χ4n) is 2.41. The van der Waals surface area contributed by atoms with Gasteiger partial charge in [0.15, 0.2) is 0 Å². The third kappa shape index (κ3) is 4.56. The Bertz CT molecular complexity index is 431. The number of halogens is 1. The van der Waals surface area contributed by atoms with Gasteiger partial charge in [0.2, 0.25) is 0 Å². The molecule has 0 saturated carbocycles. The topological polar surface area (TPSA) is 32.3 Å². The van der Waals surface area contributed by atoms with Gasteiger partial charge in [-0.25, -0.2) is 0 Å². The van der Waals surface area contributed by atoms with Gasteiger partial charge < -0.3 is 10.2 Å². The predicted molar refractivity (Wildman–Crippen MR) is 82.2 cm³/mol. The Morgan fingerprint density at radius 2 is 2.16 bits per heavy atom. The average Bonchev–Trinajstić information content (AvgIpc) is 2.42. The lowest BCUT2D eigenvalue weighted by atomic mass is 10.0. The molecule has 5 heteroatoms. The first-order chi connectivity index (χ1) is 9.19. The van der Waals surface area contributed by atoms with Crippen molar-refractivity contribution in [2.24, 2.45) is 0 Å². The SMILES string of the molecule is CNC(CCN1CCS(=O)CC1)c1cccc(Cl)c1. The van der Waals surface area contributed by atoms with E-state index in [-0.39, 0.29) is 0 Å². The van der Waals surface area contributed by atoms with Crippen molar-refractivity contribution in [1.29, 1.82) is 0 Å². The monoisotopic (exact) mass is 300 g/mol. The lowest BCUT2D eigenvalue weighted by Crippen LogP contribution is -2.39. The summed E-state index contributed by atoms with van der Waals surface area (Å²) in [6.45, 7) is 2.95. The van der Waals surface area contributed by atoms with E-state index in [1.807, 2.05) is 25.2 Å². The summed E-state index contributed by atoms with van der Waals surface area (Å²) in [6.07, 6.45) is 1.05. The number of rotatable bonds is 5. The maximum absolute atomic E-state index is 11.3. The molecule has 0 radical (unpaired) electrons. The second kappa shape index (κ2) is 7.39. The number of benzene rings is 1. The molecule has 1 unspecified atom stereocenters. The maximum atomic E-state index is 11.3. The molecular formula is C14H21ClN2OS. The molecule has 0 bridgehead atoms. The van der Waals surface area contributed by atoms with E-state index < -0.39 is 10.8 Å². The summed E-state index contributed by atoms with van der Waals surface area (Å²) in [7, 11) is 1.39. The Morgan fingerprint density at radius 3 is 2.79 bits per heavy atom. The Labute approximate surface area is 122 Å². The van der Waals surface area contributed by atoms with Gasteiger partial charge in [-0.1, -0.05) is 23.7 Å².